The van der Waals surface area contributed by atoms with Gasteiger partial charge in [-0.1, -0.05) is 6.08 Å². The molecule has 0 aliphatic carbocycles. The fraction of sp³-hybridized carbons (Fsp3) is 0.800. The summed E-state index contributed by atoms with van der Waals surface area (Å²) in [5, 5.41) is 3.27. The zero-order chi connectivity index (χ0) is 15.6. The van der Waals surface area contributed by atoms with Crippen molar-refractivity contribution >= 4 is 40.7 Å². The lowest BCUT2D eigenvalue weighted by atomic mass is 10.3. The maximum atomic E-state index is 12.0. The van der Waals surface area contributed by atoms with Crippen LogP contribution in [0.1, 0.15) is 40.5 Å². The van der Waals surface area contributed by atoms with E-state index in [0.29, 0.717) is 12.3 Å². The molecule has 1 atom stereocenters. The fourth-order valence-electron chi connectivity index (χ4n) is 1.59. The Labute approximate surface area is 150 Å². The number of hydrogen-bond donors (Lipinski definition) is 1. The second-order valence-electron chi connectivity index (χ2n) is 5.75. The van der Waals surface area contributed by atoms with Gasteiger partial charge in [0.25, 0.3) is 0 Å². The molecule has 0 aliphatic rings. The SMILES string of the molecule is C=CCCCN(C)C(=NCCS(=O)C(C)(C)C)NCC.I. The van der Waals surface area contributed by atoms with E-state index in [9.17, 15) is 4.21 Å². The van der Waals surface area contributed by atoms with Gasteiger partial charge in [0, 0.05) is 41.4 Å². The first-order valence-corrected chi connectivity index (χ1v) is 8.63. The third-order valence-corrected chi connectivity index (χ3v) is 4.74. The number of allylic oxidation sites excluding steroid dienone is 1. The van der Waals surface area contributed by atoms with Crippen molar-refractivity contribution in [2.24, 2.45) is 4.99 Å². The van der Waals surface area contributed by atoms with Gasteiger partial charge in [0.1, 0.15) is 0 Å². The van der Waals surface area contributed by atoms with Crippen LogP contribution in [0.15, 0.2) is 17.6 Å². The highest BCUT2D eigenvalue weighted by molar-refractivity contribution is 14.0. The first-order valence-electron chi connectivity index (χ1n) is 7.31. The third-order valence-electron chi connectivity index (χ3n) is 2.82. The molecule has 0 aromatic carbocycles. The largest absolute Gasteiger partial charge is 0.357 e. The minimum absolute atomic E-state index is 0. The Hall–Kier alpha value is -0.110. The molecular formula is C15H32IN3OS. The zero-order valence-electron chi connectivity index (χ0n) is 14.1. The molecular weight excluding hydrogens is 397 g/mol. The van der Waals surface area contributed by atoms with Crippen LogP contribution in [0.4, 0.5) is 0 Å². The van der Waals surface area contributed by atoms with Crippen LogP contribution in [0.25, 0.3) is 0 Å². The number of nitrogens with one attached hydrogen (secondary N) is 1. The summed E-state index contributed by atoms with van der Waals surface area (Å²) in [5.41, 5.74) is 0. The summed E-state index contributed by atoms with van der Waals surface area (Å²) in [6.45, 7) is 14.2. The lowest BCUT2D eigenvalue weighted by Crippen LogP contribution is -2.39. The van der Waals surface area contributed by atoms with Crippen molar-refractivity contribution in [1.82, 2.24) is 10.2 Å². The molecule has 1 unspecified atom stereocenters. The van der Waals surface area contributed by atoms with Crippen LogP contribution in [0, 0.1) is 0 Å². The van der Waals surface area contributed by atoms with Gasteiger partial charge in [0.2, 0.25) is 0 Å². The van der Waals surface area contributed by atoms with Crippen LogP contribution in [-0.4, -0.2) is 52.3 Å². The molecule has 0 bridgehead atoms. The van der Waals surface area contributed by atoms with Crippen molar-refractivity contribution < 1.29 is 4.21 Å². The van der Waals surface area contributed by atoms with Crippen LogP contribution in [-0.2, 0) is 10.8 Å². The molecule has 4 nitrogen and oxygen atoms in total. The Kier molecular flexibility index (Phi) is 13.7. The molecule has 0 aromatic heterocycles. The second kappa shape index (κ2) is 12.4. The van der Waals surface area contributed by atoms with Crippen LogP contribution in [0.2, 0.25) is 0 Å². The third kappa shape index (κ3) is 11.2. The monoisotopic (exact) mass is 429 g/mol. The van der Waals surface area contributed by atoms with Gasteiger partial charge in [0.15, 0.2) is 5.96 Å². The first-order chi connectivity index (χ1) is 9.32. The highest BCUT2D eigenvalue weighted by atomic mass is 127. The minimum atomic E-state index is -0.844. The molecule has 0 amide bonds. The second-order valence-corrected chi connectivity index (χ2v) is 8.07. The van der Waals surface area contributed by atoms with E-state index in [1.807, 2.05) is 33.9 Å². The molecule has 0 aliphatic heterocycles. The number of halogens is 1. The Bertz CT molecular complexity index is 340. The smallest absolute Gasteiger partial charge is 0.193 e. The summed E-state index contributed by atoms with van der Waals surface area (Å²) in [4.78, 5) is 6.68. The van der Waals surface area contributed by atoms with Crippen LogP contribution >= 0.6 is 24.0 Å². The van der Waals surface area contributed by atoms with Crippen LogP contribution in [0.5, 0.6) is 0 Å². The van der Waals surface area contributed by atoms with E-state index in [-0.39, 0.29) is 28.7 Å². The number of aliphatic imine (C=N–C) groups is 1. The zero-order valence-corrected chi connectivity index (χ0v) is 17.3. The molecule has 21 heavy (non-hydrogen) atoms. The summed E-state index contributed by atoms with van der Waals surface area (Å²) in [5.74, 6) is 1.50. The van der Waals surface area contributed by atoms with E-state index in [4.69, 9.17) is 0 Å². The average molecular weight is 429 g/mol. The lowest BCUT2D eigenvalue weighted by Gasteiger charge is -2.22. The summed E-state index contributed by atoms with van der Waals surface area (Å²) in [6, 6.07) is 0. The number of guanidine groups is 1. The summed E-state index contributed by atoms with van der Waals surface area (Å²) >= 11 is 0. The number of rotatable bonds is 8. The van der Waals surface area contributed by atoms with Crippen molar-refractivity contribution in [1.29, 1.82) is 0 Å². The Morgan fingerprint density at radius 2 is 2.05 bits per heavy atom. The number of nitrogens with zero attached hydrogens (tertiary/aromatic N) is 2. The van der Waals surface area contributed by atoms with Gasteiger partial charge < -0.3 is 10.2 Å². The van der Waals surface area contributed by atoms with Gasteiger partial charge in [-0.05, 0) is 40.5 Å². The van der Waals surface area contributed by atoms with Gasteiger partial charge in [-0.2, -0.15) is 0 Å². The predicted molar refractivity (Wildman–Crippen MR) is 106 cm³/mol. The van der Waals surface area contributed by atoms with Crippen molar-refractivity contribution in [2.45, 2.75) is 45.3 Å². The standard InChI is InChI=1S/C15H31N3OS.HI/c1-7-9-10-12-18(6)14(16-8-2)17-11-13-20(19)15(3,4)5;/h7H,1,8-13H2,2-6H3,(H,16,17);1H. The van der Waals surface area contributed by atoms with Crippen molar-refractivity contribution in [2.75, 3.05) is 32.4 Å². The molecule has 0 fully saturated rings. The molecule has 1 N–H and O–H groups in total. The quantitative estimate of drug-likeness (QED) is 0.212. The van der Waals surface area contributed by atoms with Crippen molar-refractivity contribution in [3.8, 4) is 0 Å². The molecule has 0 heterocycles. The van der Waals surface area contributed by atoms with Gasteiger partial charge in [0.05, 0.1) is 6.54 Å². The number of unbranched alkanes of at least 4 members (excludes halogenated alkanes) is 1. The Balaban J connectivity index is 0. The Morgan fingerprint density at radius 3 is 2.52 bits per heavy atom. The fourth-order valence-corrected chi connectivity index (χ4v) is 2.46. The van der Waals surface area contributed by atoms with Crippen LogP contribution < -0.4 is 5.32 Å². The van der Waals surface area contributed by atoms with Crippen LogP contribution in [0.3, 0.4) is 0 Å². The van der Waals surface area contributed by atoms with Gasteiger partial charge in [-0.3, -0.25) is 9.20 Å². The minimum Gasteiger partial charge on any atom is -0.357 e. The van der Waals surface area contributed by atoms with Gasteiger partial charge in [-0.15, -0.1) is 30.6 Å². The van der Waals surface area contributed by atoms with E-state index in [2.05, 4.69) is 28.7 Å². The van der Waals surface area contributed by atoms with E-state index in [1.54, 1.807) is 0 Å². The number of hydrogen-bond acceptors (Lipinski definition) is 2. The summed E-state index contributed by atoms with van der Waals surface area (Å²) < 4.78 is 11.8. The van der Waals surface area contributed by atoms with Crippen molar-refractivity contribution in [3.05, 3.63) is 12.7 Å². The van der Waals surface area contributed by atoms with Gasteiger partial charge in [-0.25, -0.2) is 0 Å². The molecule has 6 heteroatoms. The lowest BCUT2D eigenvalue weighted by molar-refractivity contribution is 0.470. The van der Waals surface area contributed by atoms with E-state index >= 15 is 0 Å². The van der Waals surface area contributed by atoms with E-state index < -0.39 is 10.8 Å². The molecule has 0 radical (unpaired) electrons. The van der Waals surface area contributed by atoms with Gasteiger partial charge >= 0.3 is 0 Å². The molecule has 0 aromatic rings. The predicted octanol–water partition coefficient (Wildman–Crippen LogP) is 3.02. The highest BCUT2D eigenvalue weighted by Crippen LogP contribution is 2.10. The normalized spacial score (nSPS) is 13.3. The molecule has 0 spiro atoms. The topological polar surface area (TPSA) is 44.7 Å². The molecule has 0 rings (SSSR count). The van der Waals surface area contributed by atoms with E-state index in [1.165, 1.54) is 0 Å². The molecule has 0 saturated heterocycles. The average Bonchev–Trinajstić information content (AvgIpc) is 2.36. The van der Waals surface area contributed by atoms with E-state index in [0.717, 1.165) is 31.9 Å². The first kappa shape index (κ1) is 23.2. The summed E-state index contributed by atoms with van der Waals surface area (Å²) in [7, 11) is 1.19. The molecule has 126 valence electrons. The highest BCUT2D eigenvalue weighted by Gasteiger charge is 2.18. The Morgan fingerprint density at radius 1 is 1.43 bits per heavy atom. The summed E-state index contributed by atoms with van der Waals surface area (Å²) in [6.07, 6.45) is 4.01. The maximum absolute atomic E-state index is 12.0. The molecule has 0 saturated carbocycles. The maximum Gasteiger partial charge on any atom is 0.193 e. The van der Waals surface area contributed by atoms with Crippen molar-refractivity contribution in [3.63, 3.8) is 0 Å².